The van der Waals surface area contributed by atoms with Crippen LogP contribution in [-0.2, 0) is 4.79 Å². The van der Waals surface area contributed by atoms with Gasteiger partial charge in [0.1, 0.15) is 0 Å². The van der Waals surface area contributed by atoms with E-state index < -0.39 is 5.97 Å². The number of hydrogen-bond donors (Lipinski definition) is 0. The third-order valence-corrected chi connectivity index (χ3v) is 1.12. The van der Waals surface area contributed by atoms with Gasteiger partial charge in [0.2, 0.25) is 0 Å². The maximum absolute atomic E-state index is 9.96. The predicted molar refractivity (Wildman–Crippen MR) is 37.0 cm³/mol. The normalized spacial score (nSPS) is 10.2. The summed E-state index contributed by atoms with van der Waals surface area (Å²) in [6, 6.07) is 5.46. The van der Waals surface area contributed by atoms with E-state index in [2.05, 4.69) is 0 Å². The molecule has 3 nitrogen and oxygen atoms in total. The van der Waals surface area contributed by atoms with Crippen molar-refractivity contribution in [2.24, 2.45) is 0 Å². The zero-order valence-electron chi connectivity index (χ0n) is 5.81. The monoisotopic (exact) mass is 149 g/mol. The van der Waals surface area contributed by atoms with Crippen molar-refractivity contribution in [3.63, 3.8) is 0 Å². The van der Waals surface area contributed by atoms with Crippen LogP contribution in [0, 0.1) is 0 Å². The molecular weight excluding hydrogens is 142 g/mol. The van der Waals surface area contributed by atoms with Gasteiger partial charge in [-0.05, 0) is 0 Å². The second-order valence-corrected chi connectivity index (χ2v) is 1.96. The Labute approximate surface area is 64.2 Å². The highest BCUT2D eigenvalue weighted by Gasteiger charge is 1.87. The molecule has 0 bridgehead atoms. The molecule has 0 fully saturated rings. The second kappa shape index (κ2) is 3.51. The zero-order chi connectivity index (χ0) is 8.10. The summed E-state index contributed by atoms with van der Waals surface area (Å²) in [5.74, 6) is -1.19. The van der Waals surface area contributed by atoms with E-state index in [9.17, 15) is 9.90 Å². The first-order valence-electron chi connectivity index (χ1n) is 3.14. The molecule has 0 atom stereocenters. The third-order valence-electron chi connectivity index (χ3n) is 1.12. The number of nitrogens with zero attached hydrogens (tertiary/aromatic N) is 1. The Morgan fingerprint density at radius 3 is 2.45 bits per heavy atom. The smallest absolute Gasteiger partial charge is 0.176 e. The lowest BCUT2D eigenvalue weighted by Crippen LogP contribution is -2.26. The fraction of sp³-hybridized carbons (Fsp3) is 0. The Morgan fingerprint density at radius 2 is 1.91 bits per heavy atom. The topological polar surface area (TPSA) is 44.0 Å². The summed E-state index contributed by atoms with van der Waals surface area (Å²) >= 11 is 0. The van der Waals surface area contributed by atoms with Crippen LogP contribution in [-0.4, -0.2) is 5.97 Å². The van der Waals surface area contributed by atoms with Gasteiger partial charge >= 0.3 is 0 Å². The van der Waals surface area contributed by atoms with Gasteiger partial charge in [-0.2, -0.15) is 4.57 Å². The van der Waals surface area contributed by atoms with Gasteiger partial charge in [0.05, 0.1) is 5.97 Å². The Hall–Kier alpha value is -1.64. The summed E-state index contributed by atoms with van der Waals surface area (Å²) in [5, 5.41) is 9.96. The molecule has 11 heavy (non-hydrogen) atoms. The first-order valence-corrected chi connectivity index (χ1v) is 3.14. The van der Waals surface area contributed by atoms with Gasteiger partial charge in [-0.25, -0.2) is 0 Å². The number of aromatic nitrogens is 1. The first-order chi connectivity index (χ1) is 5.29. The fourth-order valence-corrected chi connectivity index (χ4v) is 0.658. The predicted octanol–water partition coefficient (Wildman–Crippen LogP) is -0.805. The Kier molecular flexibility index (Phi) is 2.38. The van der Waals surface area contributed by atoms with Crippen LogP contribution in [0.5, 0.6) is 0 Å². The lowest BCUT2D eigenvalue weighted by molar-refractivity contribution is -0.568. The van der Waals surface area contributed by atoms with Gasteiger partial charge < -0.3 is 9.90 Å². The number of carboxylic acid groups (broad SMARTS) is 1. The van der Waals surface area contributed by atoms with Crippen LogP contribution in [0.1, 0.15) is 0 Å². The molecule has 0 spiro atoms. The lowest BCUT2D eigenvalue weighted by Gasteiger charge is -1.87. The number of carboxylic acids is 1. The molecule has 0 unspecified atom stereocenters. The van der Waals surface area contributed by atoms with Crippen molar-refractivity contribution in [3.05, 3.63) is 36.7 Å². The van der Waals surface area contributed by atoms with E-state index in [4.69, 9.17) is 0 Å². The quantitative estimate of drug-likeness (QED) is 0.408. The lowest BCUT2D eigenvalue weighted by atomic mass is 10.5. The number of hydrogen-bond acceptors (Lipinski definition) is 2. The van der Waals surface area contributed by atoms with Gasteiger partial charge in [-0.15, -0.1) is 0 Å². The van der Waals surface area contributed by atoms with Crippen LogP contribution >= 0.6 is 0 Å². The van der Waals surface area contributed by atoms with Crippen molar-refractivity contribution < 1.29 is 14.5 Å². The Balaban J connectivity index is 2.72. The van der Waals surface area contributed by atoms with Crippen LogP contribution < -0.4 is 9.67 Å². The highest BCUT2D eigenvalue weighted by Crippen LogP contribution is 1.76. The maximum Gasteiger partial charge on any atom is 0.176 e. The largest absolute Gasteiger partial charge is 0.545 e. The van der Waals surface area contributed by atoms with E-state index in [1.54, 1.807) is 29.1 Å². The van der Waals surface area contributed by atoms with Gasteiger partial charge in [0, 0.05) is 18.2 Å². The molecule has 1 aromatic heterocycles. The van der Waals surface area contributed by atoms with Gasteiger partial charge in [0.15, 0.2) is 18.6 Å². The SMILES string of the molecule is O=C([O-])C=C[n+]1ccccc1. The summed E-state index contributed by atoms with van der Waals surface area (Å²) in [5.41, 5.74) is 0. The molecule has 1 aromatic rings. The van der Waals surface area contributed by atoms with E-state index in [0.29, 0.717) is 0 Å². The van der Waals surface area contributed by atoms with Crippen molar-refractivity contribution >= 4 is 12.2 Å². The molecule has 0 saturated carbocycles. The van der Waals surface area contributed by atoms with Crippen LogP contribution in [0.25, 0.3) is 6.20 Å². The molecule has 0 saturated heterocycles. The standard InChI is InChI=1S/C8H7NO2/c10-8(11)4-7-9-5-2-1-3-6-9/h1-7H. The number of rotatable bonds is 2. The van der Waals surface area contributed by atoms with E-state index in [0.717, 1.165) is 6.08 Å². The number of pyridine rings is 1. The Bertz CT molecular complexity index is 267. The van der Waals surface area contributed by atoms with Crippen LogP contribution in [0.3, 0.4) is 0 Å². The third kappa shape index (κ3) is 2.62. The molecule has 0 aliphatic rings. The summed E-state index contributed by atoms with van der Waals surface area (Å²) in [6.45, 7) is 0. The van der Waals surface area contributed by atoms with Crippen LogP contribution in [0.15, 0.2) is 36.7 Å². The second-order valence-electron chi connectivity index (χ2n) is 1.96. The van der Waals surface area contributed by atoms with Crippen molar-refractivity contribution in [3.8, 4) is 0 Å². The highest BCUT2D eigenvalue weighted by molar-refractivity contribution is 5.79. The molecule has 1 heterocycles. The summed E-state index contributed by atoms with van der Waals surface area (Å²) in [4.78, 5) is 9.96. The molecule has 0 aliphatic carbocycles. The first kappa shape index (κ1) is 7.47. The van der Waals surface area contributed by atoms with Crippen molar-refractivity contribution in [2.75, 3.05) is 0 Å². The van der Waals surface area contributed by atoms with Gasteiger partial charge in [-0.3, -0.25) is 0 Å². The molecule has 56 valence electrons. The van der Waals surface area contributed by atoms with Gasteiger partial charge in [0.25, 0.3) is 0 Å². The molecular formula is C8H7NO2. The highest BCUT2D eigenvalue weighted by atomic mass is 16.4. The van der Waals surface area contributed by atoms with Gasteiger partial charge in [-0.1, -0.05) is 6.07 Å². The number of aliphatic carboxylic acids is 1. The Morgan fingerprint density at radius 1 is 1.27 bits per heavy atom. The minimum absolute atomic E-state index is 0.972. The van der Waals surface area contributed by atoms with E-state index >= 15 is 0 Å². The molecule has 1 rings (SSSR count). The van der Waals surface area contributed by atoms with E-state index in [1.165, 1.54) is 6.20 Å². The number of carbonyl (C=O) groups is 1. The van der Waals surface area contributed by atoms with Crippen molar-refractivity contribution in [2.45, 2.75) is 0 Å². The molecule has 0 aliphatic heterocycles. The van der Waals surface area contributed by atoms with E-state index in [-0.39, 0.29) is 0 Å². The minimum atomic E-state index is -1.19. The molecule has 3 heteroatoms. The maximum atomic E-state index is 9.96. The summed E-state index contributed by atoms with van der Waals surface area (Å²) < 4.78 is 1.62. The van der Waals surface area contributed by atoms with Crippen molar-refractivity contribution in [1.29, 1.82) is 0 Å². The fourth-order valence-electron chi connectivity index (χ4n) is 0.658. The summed E-state index contributed by atoms with van der Waals surface area (Å²) in [7, 11) is 0. The molecule has 0 N–H and O–H groups in total. The summed E-state index contributed by atoms with van der Waals surface area (Å²) in [6.07, 6.45) is 5.86. The molecule has 0 amide bonds. The van der Waals surface area contributed by atoms with Crippen LogP contribution in [0.4, 0.5) is 0 Å². The average Bonchev–Trinajstić information content (AvgIpc) is 2.03. The average molecular weight is 149 g/mol. The minimum Gasteiger partial charge on any atom is -0.545 e. The molecule has 0 aromatic carbocycles. The zero-order valence-corrected chi connectivity index (χ0v) is 5.81. The van der Waals surface area contributed by atoms with Crippen LogP contribution in [0.2, 0.25) is 0 Å². The van der Waals surface area contributed by atoms with E-state index in [1.807, 2.05) is 6.07 Å². The number of carbonyl (C=O) groups excluding carboxylic acids is 1. The van der Waals surface area contributed by atoms with Crippen molar-refractivity contribution in [1.82, 2.24) is 0 Å². The molecule has 0 radical (unpaired) electrons.